The van der Waals surface area contributed by atoms with Gasteiger partial charge in [0, 0.05) is 49.3 Å². The highest BCUT2D eigenvalue weighted by atomic mass is 35.5. The molecular formula is C20H22ClN5O2. The van der Waals surface area contributed by atoms with Gasteiger partial charge in [-0.2, -0.15) is 0 Å². The van der Waals surface area contributed by atoms with Crippen LogP contribution in [0.15, 0.2) is 59.5 Å². The first-order chi connectivity index (χ1) is 13.7. The molecule has 0 bridgehead atoms. The molecule has 4 rings (SSSR count). The lowest BCUT2D eigenvalue weighted by molar-refractivity contribution is -0.122. The molecule has 1 aliphatic rings. The Hall–Kier alpha value is -2.77. The van der Waals surface area contributed by atoms with Gasteiger partial charge in [0.1, 0.15) is 5.76 Å². The van der Waals surface area contributed by atoms with Crippen molar-refractivity contribution in [2.45, 2.75) is 6.54 Å². The zero-order chi connectivity index (χ0) is 19.3. The van der Waals surface area contributed by atoms with Gasteiger partial charge in [0.05, 0.1) is 19.4 Å². The predicted octanol–water partition coefficient (Wildman–Crippen LogP) is 2.56. The van der Waals surface area contributed by atoms with Crippen LogP contribution in [0.25, 0.3) is 5.69 Å². The van der Waals surface area contributed by atoms with Crippen molar-refractivity contribution < 1.29 is 9.21 Å². The van der Waals surface area contributed by atoms with Crippen molar-refractivity contribution in [1.82, 2.24) is 19.8 Å². The van der Waals surface area contributed by atoms with E-state index in [-0.39, 0.29) is 5.91 Å². The third kappa shape index (κ3) is 4.37. The van der Waals surface area contributed by atoms with Crippen molar-refractivity contribution in [1.29, 1.82) is 0 Å². The summed E-state index contributed by atoms with van der Waals surface area (Å²) in [6.45, 7) is 4.03. The number of furan rings is 1. The number of carbonyl (C=O) groups excluding carboxylic acids is 1. The summed E-state index contributed by atoms with van der Waals surface area (Å²) in [5, 5.41) is 3.59. The molecule has 8 heteroatoms. The van der Waals surface area contributed by atoms with Crippen LogP contribution in [0, 0.1) is 0 Å². The Bertz CT molecular complexity index is 916. The summed E-state index contributed by atoms with van der Waals surface area (Å²) in [5.74, 6) is 1.65. The topological polar surface area (TPSA) is 66.5 Å². The molecule has 146 valence electrons. The molecule has 1 fully saturated rings. The van der Waals surface area contributed by atoms with Crippen LogP contribution < -0.4 is 10.2 Å². The fourth-order valence-electron chi connectivity index (χ4n) is 3.32. The van der Waals surface area contributed by atoms with E-state index in [1.807, 2.05) is 47.2 Å². The number of halogens is 1. The highest BCUT2D eigenvalue weighted by Crippen LogP contribution is 2.22. The van der Waals surface area contributed by atoms with Gasteiger partial charge in [-0.3, -0.25) is 14.3 Å². The van der Waals surface area contributed by atoms with Crippen molar-refractivity contribution in [3.05, 3.63) is 65.8 Å². The zero-order valence-corrected chi connectivity index (χ0v) is 16.2. The number of benzene rings is 1. The van der Waals surface area contributed by atoms with E-state index in [1.165, 1.54) is 0 Å². The van der Waals surface area contributed by atoms with Crippen LogP contribution in [0.3, 0.4) is 0 Å². The smallest absolute Gasteiger partial charge is 0.234 e. The lowest BCUT2D eigenvalue weighted by atomic mass is 10.3. The number of anilines is 1. The minimum absolute atomic E-state index is 0.00489. The Morgan fingerprint density at radius 3 is 2.79 bits per heavy atom. The Labute approximate surface area is 168 Å². The summed E-state index contributed by atoms with van der Waals surface area (Å²) in [5.41, 5.74) is 0.986. The van der Waals surface area contributed by atoms with Gasteiger partial charge >= 0.3 is 0 Å². The highest BCUT2D eigenvalue weighted by Gasteiger charge is 2.22. The van der Waals surface area contributed by atoms with Crippen LogP contribution in [0.1, 0.15) is 5.76 Å². The molecule has 1 saturated heterocycles. The molecule has 0 aliphatic carbocycles. The molecule has 7 nitrogen and oxygen atoms in total. The monoisotopic (exact) mass is 399 g/mol. The van der Waals surface area contributed by atoms with Gasteiger partial charge in [-0.05, 0) is 30.3 Å². The fraction of sp³-hybridized carbons (Fsp3) is 0.300. The molecule has 1 N–H and O–H groups in total. The molecule has 0 radical (unpaired) electrons. The number of nitrogens with one attached hydrogen (secondary N) is 1. The van der Waals surface area contributed by atoms with Crippen LogP contribution in [-0.4, -0.2) is 53.1 Å². The molecule has 0 saturated carbocycles. The van der Waals surface area contributed by atoms with Crippen molar-refractivity contribution >= 4 is 23.5 Å². The molecule has 1 aromatic carbocycles. The van der Waals surface area contributed by atoms with Gasteiger partial charge in [0.15, 0.2) is 0 Å². The van der Waals surface area contributed by atoms with Gasteiger partial charge in [-0.25, -0.2) is 4.98 Å². The second-order valence-corrected chi connectivity index (χ2v) is 7.13. The third-order valence-corrected chi connectivity index (χ3v) is 5.00. The summed E-state index contributed by atoms with van der Waals surface area (Å²) in [6.07, 6.45) is 5.34. The maximum Gasteiger partial charge on any atom is 0.234 e. The van der Waals surface area contributed by atoms with E-state index >= 15 is 0 Å². The second kappa shape index (κ2) is 8.50. The summed E-state index contributed by atoms with van der Waals surface area (Å²) in [6, 6.07) is 11.4. The zero-order valence-electron chi connectivity index (χ0n) is 15.4. The minimum atomic E-state index is 0.00489. The molecule has 1 aliphatic heterocycles. The third-order valence-electron chi connectivity index (χ3n) is 4.77. The molecule has 1 amide bonds. The molecule has 2 aromatic heterocycles. The van der Waals surface area contributed by atoms with Crippen LogP contribution in [0.4, 0.5) is 5.95 Å². The van der Waals surface area contributed by atoms with Crippen molar-refractivity contribution in [3.8, 4) is 5.69 Å². The summed E-state index contributed by atoms with van der Waals surface area (Å²) < 4.78 is 7.27. The van der Waals surface area contributed by atoms with Crippen molar-refractivity contribution in [2.75, 3.05) is 37.6 Å². The first kappa shape index (κ1) is 18.6. The number of amides is 1. The largest absolute Gasteiger partial charge is 0.467 e. The maximum absolute atomic E-state index is 12.2. The number of nitrogens with zero attached hydrogens (tertiary/aromatic N) is 4. The van der Waals surface area contributed by atoms with Crippen LogP contribution in [0.5, 0.6) is 0 Å². The molecule has 0 atom stereocenters. The van der Waals surface area contributed by atoms with Gasteiger partial charge in [-0.15, -0.1) is 0 Å². The van der Waals surface area contributed by atoms with Crippen molar-refractivity contribution in [2.24, 2.45) is 0 Å². The number of imidazole rings is 1. The first-order valence-electron chi connectivity index (χ1n) is 9.25. The predicted molar refractivity (Wildman–Crippen MR) is 108 cm³/mol. The van der Waals surface area contributed by atoms with Gasteiger partial charge < -0.3 is 14.6 Å². The molecule has 28 heavy (non-hydrogen) atoms. The summed E-state index contributed by atoms with van der Waals surface area (Å²) in [4.78, 5) is 21.1. The van der Waals surface area contributed by atoms with E-state index in [2.05, 4.69) is 20.1 Å². The molecule has 3 heterocycles. The second-order valence-electron chi connectivity index (χ2n) is 6.70. The normalized spacial score (nSPS) is 15.0. The number of hydrogen-bond acceptors (Lipinski definition) is 5. The van der Waals surface area contributed by atoms with Crippen LogP contribution >= 0.6 is 11.6 Å². The fourth-order valence-corrected chi connectivity index (χ4v) is 3.51. The van der Waals surface area contributed by atoms with Crippen LogP contribution in [-0.2, 0) is 11.3 Å². The lowest BCUT2D eigenvalue weighted by Gasteiger charge is -2.35. The number of aromatic nitrogens is 2. The van der Waals surface area contributed by atoms with E-state index in [9.17, 15) is 4.79 Å². The van der Waals surface area contributed by atoms with E-state index in [4.69, 9.17) is 16.0 Å². The molecular weight excluding hydrogens is 378 g/mol. The highest BCUT2D eigenvalue weighted by molar-refractivity contribution is 6.30. The Morgan fingerprint density at radius 1 is 1.18 bits per heavy atom. The quantitative estimate of drug-likeness (QED) is 0.690. The molecule has 0 spiro atoms. The Balaban J connectivity index is 1.31. The van der Waals surface area contributed by atoms with E-state index < -0.39 is 0 Å². The van der Waals surface area contributed by atoms with Crippen LogP contribution in [0.2, 0.25) is 5.02 Å². The summed E-state index contributed by atoms with van der Waals surface area (Å²) in [7, 11) is 0. The molecule has 0 unspecified atom stereocenters. The van der Waals surface area contributed by atoms with Gasteiger partial charge in [0.2, 0.25) is 11.9 Å². The number of hydrogen-bond donors (Lipinski definition) is 1. The number of carbonyl (C=O) groups is 1. The Kier molecular flexibility index (Phi) is 5.64. The van der Waals surface area contributed by atoms with Gasteiger partial charge in [-0.1, -0.05) is 17.7 Å². The SMILES string of the molecule is O=C(CN1CCN(c2nccn2-c2cccc(Cl)c2)CC1)NCc1ccco1. The minimum Gasteiger partial charge on any atom is -0.467 e. The van der Waals surface area contributed by atoms with Crippen molar-refractivity contribution in [3.63, 3.8) is 0 Å². The average molecular weight is 400 g/mol. The standard InChI is InChI=1S/C20H22ClN5O2/c21-16-3-1-4-17(13-16)26-7-6-22-20(26)25-10-8-24(9-11-25)15-19(27)23-14-18-5-2-12-28-18/h1-7,12-13H,8-11,14-15H2,(H,23,27). The Morgan fingerprint density at radius 2 is 2.04 bits per heavy atom. The lowest BCUT2D eigenvalue weighted by Crippen LogP contribution is -2.50. The first-order valence-corrected chi connectivity index (χ1v) is 9.62. The van der Waals surface area contributed by atoms with E-state index in [0.29, 0.717) is 18.1 Å². The molecule has 3 aromatic rings. The average Bonchev–Trinajstić information content (AvgIpc) is 3.39. The van der Waals surface area contributed by atoms with E-state index in [0.717, 1.165) is 43.6 Å². The van der Waals surface area contributed by atoms with Gasteiger partial charge in [0.25, 0.3) is 0 Å². The summed E-state index contributed by atoms with van der Waals surface area (Å²) >= 11 is 6.13. The number of rotatable bonds is 6. The van der Waals surface area contributed by atoms with E-state index in [1.54, 1.807) is 12.5 Å². The maximum atomic E-state index is 12.2. The number of piperazine rings is 1.